The van der Waals surface area contributed by atoms with Gasteiger partial charge in [0, 0.05) is 21.1 Å². The lowest BCUT2D eigenvalue weighted by Crippen LogP contribution is -2.20. The van der Waals surface area contributed by atoms with Crippen LogP contribution in [0.5, 0.6) is 0 Å². The number of nitrogens with one attached hydrogen (secondary N) is 1. The Morgan fingerprint density at radius 1 is 1.41 bits per heavy atom. The minimum absolute atomic E-state index is 0.362. The van der Waals surface area contributed by atoms with E-state index in [1.165, 1.54) is 37.7 Å². The molecule has 94 valence electrons. The van der Waals surface area contributed by atoms with Gasteiger partial charge in [0.2, 0.25) is 0 Å². The number of rotatable bonds is 4. The van der Waals surface area contributed by atoms with E-state index in [-0.39, 0.29) is 0 Å². The van der Waals surface area contributed by atoms with Gasteiger partial charge in [-0.3, -0.25) is 0 Å². The summed E-state index contributed by atoms with van der Waals surface area (Å²) in [5.74, 6) is 0.857. The zero-order chi connectivity index (χ0) is 12.3. The molecule has 1 atom stereocenters. The third-order valence-electron chi connectivity index (χ3n) is 3.74. The van der Waals surface area contributed by atoms with Crippen molar-refractivity contribution in [1.29, 1.82) is 0 Å². The third-order valence-corrected chi connectivity index (χ3v) is 4.76. The zero-order valence-corrected chi connectivity index (χ0v) is 12.5. The number of benzene rings is 1. The molecule has 1 aromatic rings. The fourth-order valence-electron chi connectivity index (χ4n) is 2.80. The van der Waals surface area contributed by atoms with Gasteiger partial charge in [0.05, 0.1) is 0 Å². The number of halogens is 2. The molecule has 0 bridgehead atoms. The highest BCUT2D eigenvalue weighted by molar-refractivity contribution is 9.10. The summed E-state index contributed by atoms with van der Waals surface area (Å²) >= 11 is 9.93. The Labute approximate surface area is 117 Å². The van der Waals surface area contributed by atoms with E-state index < -0.39 is 0 Å². The molecule has 0 heterocycles. The van der Waals surface area contributed by atoms with E-state index >= 15 is 0 Å². The Morgan fingerprint density at radius 2 is 2.12 bits per heavy atom. The predicted molar refractivity (Wildman–Crippen MR) is 77.5 cm³/mol. The first kappa shape index (κ1) is 13.4. The van der Waals surface area contributed by atoms with Gasteiger partial charge in [-0.25, -0.2) is 0 Å². The van der Waals surface area contributed by atoms with Crippen molar-refractivity contribution < 1.29 is 0 Å². The van der Waals surface area contributed by atoms with Crippen LogP contribution in [0.15, 0.2) is 22.7 Å². The van der Waals surface area contributed by atoms with Crippen LogP contribution < -0.4 is 5.32 Å². The van der Waals surface area contributed by atoms with E-state index in [1.54, 1.807) is 0 Å². The maximum Gasteiger partial charge on any atom is 0.0465 e. The molecule has 17 heavy (non-hydrogen) atoms. The lowest BCUT2D eigenvalue weighted by Gasteiger charge is -2.22. The van der Waals surface area contributed by atoms with Crippen molar-refractivity contribution in [2.45, 2.75) is 38.1 Å². The third kappa shape index (κ3) is 3.24. The molecule has 1 unspecified atom stereocenters. The molecule has 0 spiro atoms. The molecule has 0 saturated heterocycles. The quantitative estimate of drug-likeness (QED) is 0.829. The molecule has 1 aliphatic rings. The van der Waals surface area contributed by atoms with E-state index in [0.29, 0.717) is 6.04 Å². The summed E-state index contributed by atoms with van der Waals surface area (Å²) < 4.78 is 1.11. The van der Waals surface area contributed by atoms with Gasteiger partial charge in [-0.1, -0.05) is 59.3 Å². The van der Waals surface area contributed by atoms with E-state index in [2.05, 4.69) is 27.3 Å². The van der Waals surface area contributed by atoms with E-state index in [4.69, 9.17) is 11.6 Å². The highest BCUT2D eigenvalue weighted by Crippen LogP contribution is 2.37. The molecule has 0 amide bonds. The summed E-state index contributed by atoms with van der Waals surface area (Å²) in [4.78, 5) is 0. The van der Waals surface area contributed by atoms with Crippen LogP contribution in [0, 0.1) is 5.92 Å². The number of hydrogen-bond acceptors (Lipinski definition) is 1. The fourth-order valence-corrected chi connectivity index (χ4v) is 3.87. The van der Waals surface area contributed by atoms with E-state index in [1.807, 2.05) is 19.2 Å². The molecule has 0 aliphatic heterocycles. The molecule has 1 saturated carbocycles. The Balaban J connectivity index is 2.16. The summed E-state index contributed by atoms with van der Waals surface area (Å²) in [5.41, 5.74) is 1.21. The van der Waals surface area contributed by atoms with Gasteiger partial charge in [-0.05, 0) is 31.5 Å². The smallest absolute Gasteiger partial charge is 0.0465 e. The summed E-state index contributed by atoms with van der Waals surface area (Å²) in [6.07, 6.45) is 6.73. The minimum Gasteiger partial charge on any atom is -0.313 e. The molecule has 0 radical (unpaired) electrons. The molecule has 1 aromatic carbocycles. The van der Waals surface area contributed by atoms with Gasteiger partial charge in [-0.2, -0.15) is 0 Å². The SMILES string of the molecule is CNC(CC1CCCC1)c1c(Cl)cccc1Br. The van der Waals surface area contributed by atoms with Gasteiger partial charge in [-0.15, -0.1) is 0 Å². The fraction of sp³-hybridized carbons (Fsp3) is 0.571. The predicted octanol–water partition coefficient (Wildman–Crippen LogP) is 4.94. The minimum atomic E-state index is 0.362. The highest BCUT2D eigenvalue weighted by atomic mass is 79.9. The second-order valence-corrected chi connectivity index (χ2v) is 6.12. The molecule has 1 N–H and O–H groups in total. The maximum absolute atomic E-state index is 6.32. The van der Waals surface area contributed by atoms with Gasteiger partial charge >= 0.3 is 0 Å². The second-order valence-electron chi connectivity index (χ2n) is 4.86. The van der Waals surface area contributed by atoms with Crippen LogP contribution in [-0.2, 0) is 0 Å². The van der Waals surface area contributed by atoms with Gasteiger partial charge in [0.1, 0.15) is 0 Å². The number of hydrogen-bond donors (Lipinski definition) is 1. The Kier molecular flexibility index (Phi) is 4.89. The summed E-state index contributed by atoms with van der Waals surface area (Å²) in [7, 11) is 2.02. The Morgan fingerprint density at radius 3 is 2.71 bits per heavy atom. The first-order chi connectivity index (χ1) is 8.22. The summed E-state index contributed by atoms with van der Waals surface area (Å²) in [6.45, 7) is 0. The maximum atomic E-state index is 6.32. The lowest BCUT2D eigenvalue weighted by molar-refractivity contribution is 0.413. The van der Waals surface area contributed by atoms with Gasteiger partial charge in [0.15, 0.2) is 0 Å². The van der Waals surface area contributed by atoms with Crippen LogP contribution in [0.25, 0.3) is 0 Å². The van der Waals surface area contributed by atoms with Crippen molar-refractivity contribution in [3.63, 3.8) is 0 Å². The lowest BCUT2D eigenvalue weighted by atomic mass is 9.93. The molecular weight excluding hydrogens is 298 g/mol. The van der Waals surface area contributed by atoms with E-state index in [0.717, 1.165) is 15.4 Å². The van der Waals surface area contributed by atoms with Crippen molar-refractivity contribution in [2.75, 3.05) is 7.05 Å². The molecular formula is C14H19BrClN. The topological polar surface area (TPSA) is 12.0 Å². The van der Waals surface area contributed by atoms with Gasteiger partial charge in [0.25, 0.3) is 0 Å². The zero-order valence-electron chi connectivity index (χ0n) is 10.2. The summed E-state index contributed by atoms with van der Waals surface area (Å²) in [6, 6.07) is 6.39. The van der Waals surface area contributed by atoms with Crippen molar-refractivity contribution >= 4 is 27.5 Å². The largest absolute Gasteiger partial charge is 0.313 e. The van der Waals surface area contributed by atoms with Crippen molar-refractivity contribution in [1.82, 2.24) is 5.32 Å². The molecule has 1 aliphatic carbocycles. The monoisotopic (exact) mass is 315 g/mol. The molecule has 0 aromatic heterocycles. The average molecular weight is 317 g/mol. The second kappa shape index (κ2) is 6.21. The first-order valence-electron chi connectivity index (χ1n) is 6.33. The van der Waals surface area contributed by atoms with Crippen LogP contribution in [0.4, 0.5) is 0 Å². The molecule has 1 fully saturated rings. The molecule has 3 heteroatoms. The first-order valence-corrected chi connectivity index (χ1v) is 7.50. The van der Waals surface area contributed by atoms with Crippen LogP contribution in [-0.4, -0.2) is 7.05 Å². The van der Waals surface area contributed by atoms with E-state index in [9.17, 15) is 0 Å². The Bertz CT molecular complexity index is 354. The average Bonchev–Trinajstić information content (AvgIpc) is 2.80. The van der Waals surface area contributed by atoms with Crippen molar-refractivity contribution in [3.05, 3.63) is 33.3 Å². The standard InChI is InChI=1S/C14H19BrClN/c1-17-13(9-10-5-2-3-6-10)14-11(15)7-4-8-12(14)16/h4,7-8,10,13,17H,2-3,5-6,9H2,1H3. The molecule has 2 rings (SSSR count). The Hall–Kier alpha value is -0.0500. The van der Waals surface area contributed by atoms with Gasteiger partial charge < -0.3 is 5.32 Å². The normalized spacial score (nSPS) is 18.5. The van der Waals surface area contributed by atoms with Crippen LogP contribution in [0.3, 0.4) is 0 Å². The summed E-state index contributed by atoms with van der Waals surface area (Å²) in [5, 5.41) is 4.27. The molecule has 1 nitrogen and oxygen atoms in total. The van der Waals surface area contributed by atoms with Crippen LogP contribution >= 0.6 is 27.5 Å². The van der Waals surface area contributed by atoms with Crippen LogP contribution in [0.2, 0.25) is 5.02 Å². The van der Waals surface area contributed by atoms with Crippen molar-refractivity contribution in [3.8, 4) is 0 Å². The highest BCUT2D eigenvalue weighted by Gasteiger charge is 2.23. The van der Waals surface area contributed by atoms with Crippen LogP contribution in [0.1, 0.15) is 43.7 Å². The van der Waals surface area contributed by atoms with Crippen molar-refractivity contribution in [2.24, 2.45) is 5.92 Å².